The fourth-order valence-corrected chi connectivity index (χ4v) is 4.24. The van der Waals surface area contributed by atoms with E-state index < -0.39 is 17.7 Å². The minimum absolute atomic E-state index is 0.0149. The van der Waals surface area contributed by atoms with Crippen molar-refractivity contribution in [1.82, 2.24) is 0 Å². The molecule has 2 rings (SSSR count). The van der Waals surface area contributed by atoms with Crippen molar-refractivity contribution < 1.29 is 32.5 Å². The number of carboxylic acids is 1. The minimum atomic E-state index is -4.37. The molecule has 1 atom stereocenters. The van der Waals surface area contributed by atoms with Crippen LogP contribution in [0, 0.1) is 6.92 Å². The van der Waals surface area contributed by atoms with Gasteiger partial charge < -0.3 is 14.6 Å². The van der Waals surface area contributed by atoms with Gasteiger partial charge in [-0.1, -0.05) is 0 Å². The molecule has 30 heavy (non-hydrogen) atoms. The lowest BCUT2D eigenvalue weighted by Crippen LogP contribution is -2.24. The van der Waals surface area contributed by atoms with Crippen LogP contribution in [0.15, 0.2) is 52.3 Å². The number of alkyl halides is 3. The summed E-state index contributed by atoms with van der Waals surface area (Å²) >= 11 is 2.86. The number of rotatable bonds is 11. The number of hydrogen-bond donors (Lipinski definition) is 1. The number of hydrogen-bond acceptors (Lipinski definition) is 5. The molecule has 1 N–H and O–H groups in total. The zero-order chi connectivity index (χ0) is 22.1. The molecule has 4 nitrogen and oxygen atoms in total. The van der Waals surface area contributed by atoms with E-state index in [1.807, 2.05) is 32.0 Å². The Morgan fingerprint density at radius 1 is 1.13 bits per heavy atom. The second-order valence-electron chi connectivity index (χ2n) is 6.33. The number of carbonyl (C=O) groups is 1. The average molecular weight is 461 g/mol. The van der Waals surface area contributed by atoms with Crippen molar-refractivity contribution in [1.29, 1.82) is 0 Å². The Labute approximate surface area is 182 Å². The Morgan fingerprint density at radius 2 is 1.83 bits per heavy atom. The average Bonchev–Trinajstić information content (AvgIpc) is 2.69. The summed E-state index contributed by atoms with van der Waals surface area (Å²) in [6.07, 6.45) is -4.60. The van der Waals surface area contributed by atoms with Crippen molar-refractivity contribution in [3.8, 4) is 5.75 Å². The van der Waals surface area contributed by atoms with Gasteiger partial charge in [-0.05, 0) is 61.9 Å². The molecule has 2 aromatic rings. The lowest BCUT2D eigenvalue weighted by atomic mass is 10.2. The lowest BCUT2D eigenvalue weighted by Gasteiger charge is -2.18. The van der Waals surface area contributed by atoms with Gasteiger partial charge in [0.15, 0.2) is 0 Å². The van der Waals surface area contributed by atoms with Crippen LogP contribution in [0.4, 0.5) is 13.2 Å². The Kier molecular flexibility index (Phi) is 9.38. The Morgan fingerprint density at radius 3 is 2.40 bits per heavy atom. The Balaban J connectivity index is 1.89. The minimum Gasteiger partial charge on any atom is -0.491 e. The molecule has 0 aliphatic rings. The third kappa shape index (κ3) is 8.12. The van der Waals surface area contributed by atoms with Crippen molar-refractivity contribution in [2.24, 2.45) is 0 Å². The fraction of sp³-hybridized carbons (Fsp3) is 0.381. The van der Waals surface area contributed by atoms with Gasteiger partial charge in [0.25, 0.3) is 0 Å². The summed E-state index contributed by atoms with van der Waals surface area (Å²) in [5, 5.41) is 8.80. The van der Waals surface area contributed by atoms with E-state index >= 15 is 0 Å². The van der Waals surface area contributed by atoms with Gasteiger partial charge >= 0.3 is 12.1 Å². The number of ether oxygens (including phenoxy) is 2. The van der Waals surface area contributed by atoms with Crippen molar-refractivity contribution in [3.05, 3.63) is 53.6 Å². The summed E-state index contributed by atoms with van der Waals surface area (Å²) in [6.45, 7) is 4.51. The van der Waals surface area contributed by atoms with Crippen molar-refractivity contribution in [3.63, 3.8) is 0 Å². The molecular formula is C21H23F3O4S2. The Bertz CT molecular complexity index is 826. The second-order valence-corrected chi connectivity index (χ2v) is 8.44. The zero-order valence-electron chi connectivity index (χ0n) is 16.6. The van der Waals surface area contributed by atoms with E-state index in [0.717, 1.165) is 27.5 Å². The highest BCUT2D eigenvalue weighted by molar-refractivity contribution is 8.00. The molecule has 0 amide bonds. The van der Waals surface area contributed by atoms with Gasteiger partial charge in [-0.2, -0.15) is 13.2 Å². The van der Waals surface area contributed by atoms with Crippen molar-refractivity contribution in [2.75, 3.05) is 24.7 Å². The highest BCUT2D eigenvalue weighted by Crippen LogP contribution is 2.31. The lowest BCUT2D eigenvalue weighted by molar-refractivity contribution is -0.137. The summed E-state index contributed by atoms with van der Waals surface area (Å²) in [7, 11) is 0. The van der Waals surface area contributed by atoms with Crippen LogP contribution in [-0.4, -0.2) is 41.9 Å². The largest absolute Gasteiger partial charge is 0.491 e. The second kappa shape index (κ2) is 11.5. The van der Waals surface area contributed by atoms with Crippen LogP contribution in [-0.2, 0) is 15.7 Å². The van der Waals surface area contributed by atoms with Crippen molar-refractivity contribution in [2.45, 2.75) is 35.9 Å². The number of carboxylic acid groups (broad SMARTS) is 1. The number of benzene rings is 2. The first-order valence-electron chi connectivity index (χ1n) is 9.18. The molecular weight excluding hydrogens is 437 g/mol. The van der Waals surface area contributed by atoms with E-state index in [1.54, 1.807) is 11.8 Å². The van der Waals surface area contributed by atoms with Crippen LogP contribution in [0.25, 0.3) is 0 Å². The predicted molar refractivity (Wildman–Crippen MR) is 113 cm³/mol. The number of thioether (sulfide) groups is 2. The van der Waals surface area contributed by atoms with E-state index in [0.29, 0.717) is 18.1 Å². The summed E-state index contributed by atoms with van der Waals surface area (Å²) in [6, 6.07) is 10.4. The summed E-state index contributed by atoms with van der Waals surface area (Å²) in [5.74, 6) is 0.120. The van der Waals surface area contributed by atoms with Crippen LogP contribution >= 0.6 is 23.5 Å². The monoisotopic (exact) mass is 460 g/mol. The molecule has 0 saturated heterocycles. The standard InChI is InChI=1S/C21H23F3O4S2/c1-3-27-17(11-28-16-6-4-15(5-7-16)21(22,23)24)12-29-18-8-9-19(14(2)10-18)30-13-20(25)26/h4-10,17H,3,11-13H2,1-2H3,(H,25,26)/t17-/m1/s1. The maximum Gasteiger partial charge on any atom is 0.416 e. The van der Waals surface area contributed by atoms with Gasteiger partial charge in [-0.25, -0.2) is 0 Å². The van der Waals surface area contributed by atoms with Gasteiger partial charge in [0.05, 0.1) is 11.3 Å². The molecule has 0 unspecified atom stereocenters. The van der Waals surface area contributed by atoms with E-state index in [9.17, 15) is 18.0 Å². The predicted octanol–water partition coefficient (Wildman–Crippen LogP) is 5.77. The number of aliphatic carboxylic acids is 1. The molecule has 0 heterocycles. The van der Waals surface area contributed by atoms with Crippen LogP contribution in [0.3, 0.4) is 0 Å². The van der Waals surface area contributed by atoms with Crippen LogP contribution in [0.5, 0.6) is 5.75 Å². The van der Waals surface area contributed by atoms with Crippen LogP contribution in [0.2, 0.25) is 0 Å². The molecule has 0 aromatic heterocycles. The number of aryl methyl sites for hydroxylation is 1. The van der Waals surface area contributed by atoms with Gasteiger partial charge in [0.2, 0.25) is 0 Å². The molecule has 164 valence electrons. The van der Waals surface area contributed by atoms with Gasteiger partial charge in [0, 0.05) is 22.2 Å². The molecule has 0 radical (unpaired) electrons. The van der Waals surface area contributed by atoms with E-state index in [1.165, 1.54) is 23.9 Å². The molecule has 0 saturated carbocycles. The van der Waals surface area contributed by atoms with E-state index in [4.69, 9.17) is 14.6 Å². The highest BCUT2D eigenvalue weighted by Gasteiger charge is 2.30. The highest BCUT2D eigenvalue weighted by atomic mass is 32.2. The van der Waals surface area contributed by atoms with Gasteiger partial charge in [-0.15, -0.1) is 23.5 Å². The van der Waals surface area contributed by atoms with Gasteiger partial charge in [-0.3, -0.25) is 4.79 Å². The first-order chi connectivity index (χ1) is 14.2. The van der Waals surface area contributed by atoms with E-state index in [-0.39, 0.29) is 18.5 Å². The molecule has 0 aliphatic carbocycles. The van der Waals surface area contributed by atoms with Crippen molar-refractivity contribution >= 4 is 29.5 Å². The molecule has 9 heteroatoms. The molecule has 0 aliphatic heterocycles. The maximum atomic E-state index is 12.6. The van der Waals surface area contributed by atoms with E-state index in [2.05, 4.69) is 0 Å². The Hall–Kier alpha value is -1.84. The summed E-state index contributed by atoms with van der Waals surface area (Å²) in [4.78, 5) is 12.7. The molecule has 0 bridgehead atoms. The topological polar surface area (TPSA) is 55.8 Å². The number of halogens is 3. The smallest absolute Gasteiger partial charge is 0.416 e. The third-order valence-corrected chi connectivity index (χ3v) is 6.24. The quantitative estimate of drug-likeness (QED) is 0.430. The fourth-order valence-electron chi connectivity index (χ4n) is 2.51. The summed E-state index contributed by atoms with van der Waals surface area (Å²) < 4.78 is 49.2. The summed E-state index contributed by atoms with van der Waals surface area (Å²) in [5.41, 5.74) is 0.285. The first-order valence-corrected chi connectivity index (χ1v) is 11.2. The first kappa shape index (κ1) is 24.4. The normalized spacial score (nSPS) is 12.6. The molecule has 0 fully saturated rings. The molecule has 2 aromatic carbocycles. The zero-order valence-corrected chi connectivity index (χ0v) is 18.2. The maximum absolute atomic E-state index is 12.6. The third-order valence-electron chi connectivity index (χ3n) is 3.95. The molecule has 0 spiro atoms. The van der Waals surface area contributed by atoms with Gasteiger partial charge in [0.1, 0.15) is 18.5 Å². The van der Waals surface area contributed by atoms with Crippen LogP contribution < -0.4 is 4.74 Å². The SMILES string of the molecule is CCO[C@H](COc1ccc(C(F)(F)F)cc1)CSc1ccc(SCC(=O)O)c(C)c1. The van der Waals surface area contributed by atoms with Crippen LogP contribution in [0.1, 0.15) is 18.1 Å².